The number of imide groups is 1. The second-order valence-corrected chi connectivity index (χ2v) is 16.3. The molecule has 12 nitrogen and oxygen atoms in total. The molecule has 1 unspecified atom stereocenters. The number of hydrogen-bond acceptors (Lipinski definition) is 9. The summed E-state index contributed by atoms with van der Waals surface area (Å²) in [6.45, 7) is 10.3. The number of halogens is 1. The van der Waals surface area contributed by atoms with Crippen LogP contribution in [0.25, 0.3) is 0 Å². The fraction of sp³-hybridized carbons (Fsp3) is 0.432. The zero-order valence-electron chi connectivity index (χ0n) is 32.1. The van der Waals surface area contributed by atoms with E-state index in [4.69, 9.17) is 21.6 Å². The summed E-state index contributed by atoms with van der Waals surface area (Å²) in [5.41, 5.74) is 4.51. The maximum Gasteiger partial charge on any atom is 0.262 e. The van der Waals surface area contributed by atoms with E-state index in [-0.39, 0.29) is 24.0 Å². The molecule has 3 aromatic carbocycles. The number of anilines is 2. The fourth-order valence-electron chi connectivity index (χ4n) is 8.93. The van der Waals surface area contributed by atoms with Gasteiger partial charge in [0.25, 0.3) is 17.7 Å². The van der Waals surface area contributed by atoms with Gasteiger partial charge in [-0.3, -0.25) is 29.0 Å². The van der Waals surface area contributed by atoms with E-state index in [1.807, 2.05) is 24.3 Å². The van der Waals surface area contributed by atoms with Crippen LogP contribution in [0.4, 0.5) is 11.4 Å². The van der Waals surface area contributed by atoms with Crippen molar-refractivity contribution in [2.75, 3.05) is 55.6 Å². The monoisotopic (exact) mass is 789 g/mol. The average Bonchev–Trinajstić information content (AvgIpc) is 3.47. The predicted molar refractivity (Wildman–Crippen MR) is 218 cm³/mol. The third kappa shape index (κ3) is 8.36. The molecule has 4 fully saturated rings. The van der Waals surface area contributed by atoms with Crippen LogP contribution in [0.5, 0.6) is 5.75 Å². The van der Waals surface area contributed by atoms with Crippen molar-refractivity contribution in [1.82, 2.24) is 20.4 Å². The first-order valence-corrected chi connectivity index (χ1v) is 20.5. The number of ether oxygens (including phenoxy) is 1. The van der Waals surface area contributed by atoms with E-state index in [2.05, 4.69) is 50.1 Å². The minimum absolute atomic E-state index is 0.0488. The number of amides is 4. The molecular weight excluding hydrogens is 742 g/mol. The van der Waals surface area contributed by atoms with E-state index in [0.29, 0.717) is 57.5 Å². The van der Waals surface area contributed by atoms with Crippen molar-refractivity contribution in [3.8, 4) is 11.8 Å². The fourth-order valence-corrected chi connectivity index (χ4v) is 9.15. The van der Waals surface area contributed by atoms with E-state index in [0.717, 1.165) is 101 Å². The Morgan fingerprint density at radius 1 is 0.825 bits per heavy atom. The molecule has 4 aliphatic heterocycles. The molecule has 1 atom stereocenters. The largest absolute Gasteiger partial charge is 0.490 e. The number of allylic oxidation sites excluding steroid dienone is 1. The predicted octanol–water partition coefficient (Wildman–Crippen LogP) is 5.76. The first-order valence-electron chi connectivity index (χ1n) is 20.1. The van der Waals surface area contributed by atoms with Crippen molar-refractivity contribution >= 4 is 46.6 Å². The Hall–Kier alpha value is -5.38. The van der Waals surface area contributed by atoms with E-state index in [1.165, 1.54) is 0 Å². The molecule has 57 heavy (non-hydrogen) atoms. The summed E-state index contributed by atoms with van der Waals surface area (Å²) in [5.74, 6) is 0.0632. The van der Waals surface area contributed by atoms with Crippen molar-refractivity contribution in [3.05, 3.63) is 100 Å². The topological polar surface area (TPSA) is 138 Å². The number of nitrogens with zero attached hydrogens (tertiary/aromatic N) is 5. The van der Waals surface area contributed by atoms with Crippen LogP contribution in [0, 0.1) is 17.2 Å². The van der Waals surface area contributed by atoms with Gasteiger partial charge < -0.3 is 25.2 Å². The number of fused-ring (bicyclic) bond motifs is 1. The highest BCUT2D eigenvalue weighted by molar-refractivity contribution is 6.31. The molecule has 3 saturated heterocycles. The lowest BCUT2D eigenvalue weighted by Gasteiger charge is -2.40. The molecule has 4 heterocycles. The number of rotatable bonds is 9. The van der Waals surface area contributed by atoms with E-state index in [1.54, 1.807) is 24.3 Å². The summed E-state index contributed by atoms with van der Waals surface area (Å²) in [6, 6.07) is 19.9. The van der Waals surface area contributed by atoms with Crippen molar-refractivity contribution in [2.45, 2.75) is 69.6 Å². The number of nitriles is 1. The van der Waals surface area contributed by atoms with Gasteiger partial charge in [-0.05, 0) is 112 Å². The van der Waals surface area contributed by atoms with Gasteiger partial charge in [0.2, 0.25) is 5.91 Å². The first kappa shape index (κ1) is 38.5. The Balaban J connectivity index is 0.753. The Morgan fingerprint density at radius 3 is 2.19 bits per heavy atom. The van der Waals surface area contributed by atoms with Crippen LogP contribution in [0.15, 0.2) is 72.9 Å². The number of nitrogens with one attached hydrogen (secondary N) is 2. The first-order chi connectivity index (χ1) is 27.6. The van der Waals surface area contributed by atoms with Gasteiger partial charge in [0.05, 0.1) is 27.8 Å². The van der Waals surface area contributed by atoms with Crippen LogP contribution in [0.3, 0.4) is 0 Å². The third-order valence-electron chi connectivity index (χ3n) is 12.3. The molecule has 0 spiro atoms. The normalized spacial score (nSPS) is 23.2. The number of piperidine rings is 2. The number of carbonyl (C=O) groups is 4. The molecule has 0 aromatic heterocycles. The molecule has 8 rings (SSSR count). The zero-order chi connectivity index (χ0) is 39.6. The molecule has 1 saturated carbocycles. The Bertz CT molecular complexity index is 2090. The molecule has 3 aromatic rings. The Morgan fingerprint density at radius 2 is 1.51 bits per heavy atom. The van der Waals surface area contributed by atoms with Crippen molar-refractivity contribution < 1.29 is 23.9 Å². The molecule has 2 N–H and O–H groups in total. The number of hydrogen-bond donors (Lipinski definition) is 2. The zero-order valence-corrected chi connectivity index (χ0v) is 32.8. The highest BCUT2D eigenvalue weighted by Gasteiger charge is 2.44. The van der Waals surface area contributed by atoms with Crippen molar-refractivity contribution in [3.63, 3.8) is 0 Å². The van der Waals surface area contributed by atoms with Crippen LogP contribution in [0.1, 0.15) is 88.0 Å². The number of piperazine rings is 1. The second-order valence-electron chi connectivity index (χ2n) is 15.9. The van der Waals surface area contributed by atoms with E-state index in [9.17, 15) is 19.2 Å². The summed E-state index contributed by atoms with van der Waals surface area (Å²) < 4.78 is 6.10. The van der Waals surface area contributed by atoms with Gasteiger partial charge in [-0.2, -0.15) is 5.26 Å². The molecule has 4 amide bonds. The third-order valence-corrected chi connectivity index (χ3v) is 12.6. The van der Waals surface area contributed by atoms with Crippen LogP contribution in [0.2, 0.25) is 5.02 Å². The number of benzene rings is 3. The summed E-state index contributed by atoms with van der Waals surface area (Å²) in [5, 5.41) is 15.4. The highest BCUT2D eigenvalue weighted by atomic mass is 35.5. The molecule has 13 heteroatoms. The quantitative estimate of drug-likeness (QED) is 0.260. The summed E-state index contributed by atoms with van der Waals surface area (Å²) in [4.78, 5) is 60.6. The average molecular weight is 790 g/mol. The van der Waals surface area contributed by atoms with Crippen LogP contribution >= 0.6 is 11.6 Å². The minimum Gasteiger partial charge on any atom is -0.490 e. The van der Waals surface area contributed by atoms with Gasteiger partial charge in [-0.1, -0.05) is 18.2 Å². The van der Waals surface area contributed by atoms with Gasteiger partial charge in [0, 0.05) is 80.6 Å². The van der Waals surface area contributed by atoms with E-state index < -0.39 is 17.9 Å². The lowest BCUT2D eigenvalue weighted by Crippen LogP contribution is -2.51. The van der Waals surface area contributed by atoms with Gasteiger partial charge in [0.1, 0.15) is 17.9 Å². The van der Waals surface area contributed by atoms with Crippen molar-refractivity contribution in [1.29, 1.82) is 5.26 Å². The van der Waals surface area contributed by atoms with Crippen LogP contribution < -0.4 is 25.2 Å². The molecule has 296 valence electrons. The maximum absolute atomic E-state index is 13.4. The second kappa shape index (κ2) is 16.6. The summed E-state index contributed by atoms with van der Waals surface area (Å²) in [6.07, 6.45) is 6.53. The SMILES string of the molecule is C=C1CCC(N2C(=O)c3ccc(N4CCN(CC5CCN(c6ccc(C(=O)N[C@H]7CC[C@H](Oc8ccc(C#N)c(Cl)c8)CC7)cc6)CC5)CC4)cc3C2=O)C(=O)N1. The van der Waals surface area contributed by atoms with Crippen LogP contribution in [-0.4, -0.2) is 97.4 Å². The molecule has 0 radical (unpaired) electrons. The highest BCUT2D eigenvalue weighted by Crippen LogP contribution is 2.33. The Kier molecular flexibility index (Phi) is 11.2. The van der Waals surface area contributed by atoms with Gasteiger partial charge in [0.15, 0.2) is 0 Å². The molecule has 0 bridgehead atoms. The Labute approximate surface area is 338 Å². The van der Waals surface area contributed by atoms with Gasteiger partial charge >= 0.3 is 0 Å². The van der Waals surface area contributed by atoms with Crippen LogP contribution in [-0.2, 0) is 4.79 Å². The molecule has 5 aliphatic rings. The smallest absolute Gasteiger partial charge is 0.262 e. The van der Waals surface area contributed by atoms with Gasteiger partial charge in [-0.25, -0.2) is 0 Å². The minimum atomic E-state index is -0.811. The van der Waals surface area contributed by atoms with E-state index >= 15 is 0 Å². The molecule has 1 aliphatic carbocycles. The summed E-state index contributed by atoms with van der Waals surface area (Å²) in [7, 11) is 0. The molecular formula is C44H48ClN7O5. The van der Waals surface area contributed by atoms with Gasteiger partial charge in [-0.15, -0.1) is 0 Å². The van der Waals surface area contributed by atoms with Crippen molar-refractivity contribution in [2.24, 2.45) is 5.92 Å². The summed E-state index contributed by atoms with van der Waals surface area (Å²) >= 11 is 6.16. The maximum atomic E-state index is 13.4. The standard InChI is InChI=1S/C44H48ClN7O5/c1-28-2-15-40(42(54)47-28)52-43(55)37-14-10-34(24-38(37)44(52)56)51-22-20-49(21-23-51)27-29-16-18-50(19-17-29)33-8-3-30(4-9-33)41(53)48-32-6-12-35(13-7-32)57-36-11-5-31(26-46)39(45)25-36/h3-5,8-11,14,24-25,29,32,35,40H,1-2,6-7,12-13,15-23,27H2,(H,47,54)(H,48,53)/t32-,35-,40?. The lowest BCUT2D eigenvalue weighted by atomic mass is 9.92. The lowest BCUT2D eigenvalue weighted by molar-refractivity contribution is -0.125. The number of carbonyl (C=O) groups excluding carboxylic acids is 4.